The standard InChI is InChI=1S/C9H16N6O2/c1-5(7(10)14-17)9(16)12-6(2)8-13-11-4-15(8)3/h4-6,17H,1-3H3,(H2,10,14)(H,12,16). The van der Waals surface area contributed by atoms with Crippen molar-refractivity contribution in [1.29, 1.82) is 0 Å². The molecule has 0 aliphatic rings. The van der Waals surface area contributed by atoms with Crippen LogP contribution in [-0.4, -0.2) is 31.7 Å². The van der Waals surface area contributed by atoms with Crippen molar-refractivity contribution in [1.82, 2.24) is 20.1 Å². The molecule has 0 bridgehead atoms. The molecule has 94 valence electrons. The molecule has 0 aliphatic carbocycles. The molecule has 2 atom stereocenters. The van der Waals surface area contributed by atoms with Crippen LogP contribution in [0.15, 0.2) is 11.5 Å². The number of nitrogens with two attached hydrogens (primary N) is 1. The van der Waals surface area contributed by atoms with Crippen molar-refractivity contribution in [3.05, 3.63) is 12.2 Å². The minimum Gasteiger partial charge on any atom is -0.409 e. The maximum atomic E-state index is 11.7. The highest BCUT2D eigenvalue weighted by Gasteiger charge is 2.21. The van der Waals surface area contributed by atoms with Crippen molar-refractivity contribution in [2.75, 3.05) is 0 Å². The normalized spacial score (nSPS) is 15.4. The van der Waals surface area contributed by atoms with E-state index in [0.29, 0.717) is 5.82 Å². The largest absolute Gasteiger partial charge is 0.409 e. The van der Waals surface area contributed by atoms with Crippen LogP contribution in [0.25, 0.3) is 0 Å². The highest BCUT2D eigenvalue weighted by Crippen LogP contribution is 2.08. The summed E-state index contributed by atoms with van der Waals surface area (Å²) in [6.45, 7) is 3.33. The van der Waals surface area contributed by atoms with Gasteiger partial charge in [-0.15, -0.1) is 10.2 Å². The number of aryl methyl sites for hydroxylation is 1. The van der Waals surface area contributed by atoms with Crippen molar-refractivity contribution >= 4 is 11.7 Å². The highest BCUT2D eigenvalue weighted by molar-refractivity contribution is 6.01. The number of carbonyl (C=O) groups excluding carboxylic acids is 1. The quantitative estimate of drug-likeness (QED) is 0.280. The predicted octanol–water partition coefficient (Wildman–Crippen LogP) is -0.625. The van der Waals surface area contributed by atoms with Gasteiger partial charge in [0, 0.05) is 7.05 Å². The summed E-state index contributed by atoms with van der Waals surface area (Å²) in [5, 5.41) is 21.6. The molecule has 1 heterocycles. The van der Waals surface area contributed by atoms with E-state index in [2.05, 4.69) is 20.7 Å². The molecule has 1 aromatic rings. The Morgan fingerprint density at radius 1 is 1.65 bits per heavy atom. The fraction of sp³-hybridized carbons (Fsp3) is 0.556. The Morgan fingerprint density at radius 2 is 2.29 bits per heavy atom. The summed E-state index contributed by atoms with van der Waals surface area (Å²) >= 11 is 0. The van der Waals surface area contributed by atoms with Crippen LogP contribution >= 0.6 is 0 Å². The molecule has 1 rings (SSSR count). The van der Waals surface area contributed by atoms with E-state index in [1.807, 2.05) is 0 Å². The van der Waals surface area contributed by atoms with Gasteiger partial charge in [-0.1, -0.05) is 5.16 Å². The smallest absolute Gasteiger partial charge is 0.231 e. The molecule has 0 spiro atoms. The van der Waals surface area contributed by atoms with Crippen LogP contribution < -0.4 is 11.1 Å². The minimum absolute atomic E-state index is 0.132. The fourth-order valence-corrected chi connectivity index (χ4v) is 1.31. The summed E-state index contributed by atoms with van der Waals surface area (Å²) in [4.78, 5) is 11.7. The van der Waals surface area contributed by atoms with Gasteiger partial charge in [0.15, 0.2) is 11.7 Å². The summed E-state index contributed by atoms with van der Waals surface area (Å²) in [7, 11) is 1.78. The average molecular weight is 240 g/mol. The molecule has 1 amide bonds. The number of hydrogen-bond acceptors (Lipinski definition) is 5. The monoisotopic (exact) mass is 240 g/mol. The van der Waals surface area contributed by atoms with Crippen LogP contribution in [0.1, 0.15) is 25.7 Å². The van der Waals surface area contributed by atoms with E-state index >= 15 is 0 Å². The molecule has 1 aromatic heterocycles. The lowest BCUT2D eigenvalue weighted by molar-refractivity contribution is -0.123. The summed E-state index contributed by atoms with van der Waals surface area (Å²) < 4.78 is 1.71. The second-order valence-corrected chi connectivity index (χ2v) is 3.78. The second-order valence-electron chi connectivity index (χ2n) is 3.78. The van der Waals surface area contributed by atoms with Crippen LogP contribution in [0.4, 0.5) is 0 Å². The molecule has 17 heavy (non-hydrogen) atoms. The SMILES string of the molecule is CC(C(=O)NC(C)c1nncn1C)C(N)=NO. The van der Waals surface area contributed by atoms with Crippen molar-refractivity contribution in [3.63, 3.8) is 0 Å². The Kier molecular flexibility index (Phi) is 4.02. The number of rotatable bonds is 4. The lowest BCUT2D eigenvalue weighted by atomic mass is 10.1. The fourth-order valence-electron chi connectivity index (χ4n) is 1.31. The Hall–Kier alpha value is -2.12. The third kappa shape index (κ3) is 2.92. The van der Waals surface area contributed by atoms with Gasteiger partial charge in [-0.25, -0.2) is 0 Å². The van der Waals surface area contributed by atoms with E-state index in [0.717, 1.165) is 0 Å². The van der Waals surface area contributed by atoms with Gasteiger partial charge in [-0.05, 0) is 13.8 Å². The zero-order valence-corrected chi connectivity index (χ0v) is 9.95. The number of amidine groups is 1. The van der Waals surface area contributed by atoms with E-state index < -0.39 is 5.92 Å². The summed E-state index contributed by atoms with van der Waals surface area (Å²) in [5.41, 5.74) is 5.35. The Labute approximate surface area is 98.5 Å². The van der Waals surface area contributed by atoms with Gasteiger partial charge in [0.25, 0.3) is 0 Å². The van der Waals surface area contributed by atoms with Gasteiger partial charge in [-0.2, -0.15) is 0 Å². The molecule has 8 heteroatoms. The molecule has 4 N–H and O–H groups in total. The lowest BCUT2D eigenvalue weighted by Crippen LogP contribution is -2.38. The van der Waals surface area contributed by atoms with E-state index in [-0.39, 0.29) is 17.8 Å². The van der Waals surface area contributed by atoms with Gasteiger partial charge in [0.05, 0.1) is 12.0 Å². The summed E-state index contributed by atoms with van der Waals surface area (Å²) in [5.74, 6) is -0.538. The number of carbonyl (C=O) groups is 1. The Bertz CT molecular complexity index is 427. The van der Waals surface area contributed by atoms with Crippen LogP contribution in [0.2, 0.25) is 0 Å². The number of nitrogens with one attached hydrogen (secondary N) is 1. The number of hydrogen-bond donors (Lipinski definition) is 3. The van der Waals surface area contributed by atoms with Crippen LogP contribution in [0.3, 0.4) is 0 Å². The number of oxime groups is 1. The minimum atomic E-state index is -0.698. The Balaban J connectivity index is 2.67. The molecule has 0 saturated heterocycles. The lowest BCUT2D eigenvalue weighted by Gasteiger charge is -2.15. The second kappa shape index (κ2) is 5.28. The molecule has 0 aromatic carbocycles. The number of amides is 1. The van der Waals surface area contributed by atoms with Gasteiger partial charge in [0.1, 0.15) is 6.33 Å². The van der Waals surface area contributed by atoms with Crippen molar-refractivity contribution < 1.29 is 10.0 Å². The average Bonchev–Trinajstić information content (AvgIpc) is 2.73. The van der Waals surface area contributed by atoms with E-state index in [4.69, 9.17) is 10.9 Å². The van der Waals surface area contributed by atoms with E-state index in [9.17, 15) is 4.79 Å². The maximum absolute atomic E-state index is 11.7. The van der Waals surface area contributed by atoms with Gasteiger partial charge < -0.3 is 20.8 Å². The third-order valence-corrected chi connectivity index (χ3v) is 2.44. The van der Waals surface area contributed by atoms with E-state index in [1.54, 1.807) is 31.8 Å². The first-order chi connectivity index (χ1) is 7.97. The topological polar surface area (TPSA) is 118 Å². The zero-order chi connectivity index (χ0) is 13.0. The molecule has 2 unspecified atom stereocenters. The molecule has 8 nitrogen and oxygen atoms in total. The first kappa shape index (κ1) is 12.9. The molecular formula is C9H16N6O2. The zero-order valence-electron chi connectivity index (χ0n) is 9.95. The van der Waals surface area contributed by atoms with E-state index in [1.165, 1.54) is 0 Å². The van der Waals surface area contributed by atoms with Crippen LogP contribution in [-0.2, 0) is 11.8 Å². The molecule has 0 radical (unpaired) electrons. The molecule has 0 aliphatic heterocycles. The summed E-state index contributed by atoms with van der Waals surface area (Å²) in [6.07, 6.45) is 1.55. The first-order valence-corrected chi connectivity index (χ1v) is 5.09. The van der Waals surface area contributed by atoms with Crippen molar-refractivity contribution in [2.45, 2.75) is 19.9 Å². The summed E-state index contributed by atoms with van der Waals surface area (Å²) in [6, 6.07) is -0.302. The van der Waals surface area contributed by atoms with Crippen LogP contribution in [0, 0.1) is 5.92 Å². The van der Waals surface area contributed by atoms with Gasteiger partial charge in [-0.3, -0.25) is 4.79 Å². The third-order valence-electron chi connectivity index (χ3n) is 2.44. The molecule has 0 saturated carbocycles. The predicted molar refractivity (Wildman–Crippen MR) is 60.1 cm³/mol. The highest BCUT2D eigenvalue weighted by atomic mass is 16.4. The number of aromatic nitrogens is 3. The maximum Gasteiger partial charge on any atom is 0.231 e. The first-order valence-electron chi connectivity index (χ1n) is 5.09. The number of nitrogens with zero attached hydrogens (tertiary/aromatic N) is 4. The Morgan fingerprint density at radius 3 is 2.76 bits per heavy atom. The van der Waals surface area contributed by atoms with Crippen LogP contribution in [0.5, 0.6) is 0 Å². The molecule has 0 fully saturated rings. The van der Waals surface area contributed by atoms with Gasteiger partial charge >= 0.3 is 0 Å². The van der Waals surface area contributed by atoms with Crippen molar-refractivity contribution in [3.8, 4) is 0 Å². The van der Waals surface area contributed by atoms with Crippen molar-refractivity contribution in [2.24, 2.45) is 23.9 Å². The molecular weight excluding hydrogens is 224 g/mol. The van der Waals surface area contributed by atoms with Gasteiger partial charge in [0.2, 0.25) is 5.91 Å².